The maximum Gasteiger partial charge on any atom is 0.270 e. The number of ether oxygens (including phenoxy) is 2. The van der Waals surface area contributed by atoms with Gasteiger partial charge in [-0.05, 0) is 79.2 Å². The topological polar surface area (TPSA) is 67.9 Å². The molecule has 1 heterocycles. The lowest BCUT2D eigenvalue weighted by Crippen LogP contribution is -2.27. The Hall–Kier alpha value is -3.33. The summed E-state index contributed by atoms with van der Waals surface area (Å²) in [6.07, 6.45) is 1.76. The smallest absolute Gasteiger partial charge is 0.270 e. The second-order valence-corrected chi connectivity index (χ2v) is 9.47. The van der Waals surface area contributed by atoms with Crippen molar-refractivity contribution >= 4 is 69.2 Å². The van der Waals surface area contributed by atoms with E-state index in [1.54, 1.807) is 48.5 Å². The molecule has 0 atom stereocenters. The minimum Gasteiger partial charge on any atom is -0.494 e. The average Bonchev–Trinajstić information content (AvgIpc) is 3.13. The first-order chi connectivity index (χ1) is 16.9. The van der Waals surface area contributed by atoms with Crippen LogP contribution in [0.2, 0.25) is 5.02 Å². The summed E-state index contributed by atoms with van der Waals surface area (Å²) in [4.78, 5) is 27.2. The predicted octanol–water partition coefficient (Wildman–Crippen LogP) is 6.16. The van der Waals surface area contributed by atoms with Gasteiger partial charge in [-0.15, -0.1) is 0 Å². The van der Waals surface area contributed by atoms with Gasteiger partial charge in [-0.25, -0.2) is 0 Å². The fraction of sp³-hybridized carbons (Fsp3) is 0.115. The van der Waals surface area contributed by atoms with Crippen LogP contribution in [0.1, 0.15) is 12.5 Å². The number of nitrogens with one attached hydrogen (secondary N) is 1. The first-order valence-electron chi connectivity index (χ1n) is 10.7. The molecule has 1 aliphatic heterocycles. The highest BCUT2D eigenvalue weighted by Crippen LogP contribution is 2.36. The van der Waals surface area contributed by atoms with Crippen LogP contribution in [0.15, 0.2) is 77.7 Å². The Labute approximate surface area is 217 Å². The third-order valence-electron chi connectivity index (χ3n) is 4.85. The zero-order chi connectivity index (χ0) is 24.8. The summed E-state index contributed by atoms with van der Waals surface area (Å²) in [6.45, 7) is 2.32. The molecular formula is C26H21ClN2O4S2. The molecule has 4 rings (SSSR count). The summed E-state index contributed by atoms with van der Waals surface area (Å²) >= 11 is 12.5. The number of benzene rings is 3. The van der Waals surface area contributed by atoms with E-state index in [0.29, 0.717) is 38.0 Å². The summed E-state index contributed by atoms with van der Waals surface area (Å²) in [7, 11) is 0. The van der Waals surface area contributed by atoms with Crippen LogP contribution in [0.3, 0.4) is 0 Å². The van der Waals surface area contributed by atoms with Gasteiger partial charge in [0.15, 0.2) is 10.9 Å². The Balaban J connectivity index is 1.40. The zero-order valence-corrected chi connectivity index (χ0v) is 21.1. The van der Waals surface area contributed by atoms with Crippen molar-refractivity contribution < 1.29 is 19.1 Å². The van der Waals surface area contributed by atoms with Crippen LogP contribution in [0.4, 0.5) is 11.4 Å². The van der Waals surface area contributed by atoms with Gasteiger partial charge in [0, 0.05) is 10.7 Å². The van der Waals surface area contributed by atoms with E-state index in [-0.39, 0.29) is 18.4 Å². The Morgan fingerprint density at radius 3 is 2.51 bits per heavy atom. The summed E-state index contributed by atoms with van der Waals surface area (Å²) in [6, 6.07) is 21.2. The number of nitrogens with zero attached hydrogens (tertiary/aromatic N) is 1. The zero-order valence-electron chi connectivity index (χ0n) is 18.7. The number of hydrogen-bond acceptors (Lipinski definition) is 6. The van der Waals surface area contributed by atoms with Crippen LogP contribution in [-0.4, -0.2) is 29.3 Å². The first-order valence-corrected chi connectivity index (χ1v) is 12.3. The Kier molecular flexibility index (Phi) is 8.07. The number of anilines is 2. The van der Waals surface area contributed by atoms with Gasteiger partial charge in [0.1, 0.15) is 11.5 Å². The Morgan fingerprint density at radius 1 is 1.06 bits per heavy atom. The highest BCUT2D eigenvalue weighted by Gasteiger charge is 2.33. The van der Waals surface area contributed by atoms with E-state index in [4.69, 9.17) is 33.3 Å². The normalized spacial score (nSPS) is 14.3. The molecule has 1 N–H and O–H groups in total. The molecule has 3 aromatic carbocycles. The van der Waals surface area contributed by atoms with E-state index < -0.39 is 0 Å². The van der Waals surface area contributed by atoms with Gasteiger partial charge in [-0.1, -0.05) is 47.7 Å². The molecule has 0 aliphatic carbocycles. The third-order valence-corrected chi connectivity index (χ3v) is 6.41. The fourth-order valence-electron chi connectivity index (χ4n) is 3.27. The van der Waals surface area contributed by atoms with Crippen molar-refractivity contribution in [1.29, 1.82) is 0 Å². The summed E-state index contributed by atoms with van der Waals surface area (Å²) in [5.74, 6) is 0.745. The van der Waals surface area contributed by atoms with Gasteiger partial charge in [-0.3, -0.25) is 14.5 Å². The molecule has 0 unspecified atom stereocenters. The van der Waals surface area contributed by atoms with Crippen LogP contribution in [0, 0.1) is 0 Å². The van der Waals surface area contributed by atoms with Crippen molar-refractivity contribution in [3.05, 3.63) is 88.3 Å². The van der Waals surface area contributed by atoms with Crippen LogP contribution < -0.4 is 19.7 Å². The van der Waals surface area contributed by atoms with E-state index in [0.717, 1.165) is 11.3 Å². The molecule has 6 nitrogen and oxygen atoms in total. The van der Waals surface area contributed by atoms with E-state index in [2.05, 4.69) is 5.32 Å². The monoisotopic (exact) mass is 524 g/mol. The molecule has 0 bridgehead atoms. The lowest BCUT2D eigenvalue weighted by atomic mass is 10.2. The number of amides is 2. The maximum atomic E-state index is 13.1. The predicted molar refractivity (Wildman–Crippen MR) is 145 cm³/mol. The van der Waals surface area contributed by atoms with E-state index in [1.807, 2.05) is 37.3 Å². The maximum absolute atomic E-state index is 13.1. The minimum atomic E-state index is -0.297. The van der Waals surface area contributed by atoms with Crippen molar-refractivity contribution in [2.45, 2.75) is 6.92 Å². The average molecular weight is 525 g/mol. The molecule has 0 radical (unpaired) electrons. The van der Waals surface area contributed by atoms with Crippen LogP contribution in [-0.2, 0) is 9.59 Å². The molecule has 3 aromatic rings. The SMILES string of the molecule is CCOc1ccc(N2C(=O)/C(=C/c3cccc(OCC(=O)Nc4ccc(Cl)cc4)c3)SC2=S)cc1. The van der Waals surface area contributed by atoms with Crippen LogP contribution in [0.5, 0.6) is 11.5 Å². The molecule has 9 heteroatoms. The van der Waals surface area contributed by atoms with Gasteiger partial charge in [0.05, 0.1) is 17.2 Å². The van der Waals surface area contributed by atoms with Crippen LogP contribution >= 0.6 is 35.6 Å². The molecule has 1 saturated heterocycles. The molecule has 178 valence electrons. The third kappa shape index (κ3) is 6.42. The Morgan fingerprint density at radius 2 is 1.80 bits per heavy atom. The van der Waals surface area contributed by atoms with Crippen molar-refractivity contribution in [2.75, 3.05) is 23.4 Å². The number of carbonyl (C=O) groups is 2. The highest BCUT2D eigenvalue weighted by molar-refractivity contribution is 8.27. The summed E-state index contributed by atoms with van der Waals surface area (Å²) < 4.78 is 11.5. The summed E-state index contributed by atoms with van der Waals surface area (Å²) in [5.41, 5.74) is 2.07. The second kappa shape index (κ2) is 11.4. The molecule has 1 aliphatic rings. The van der Waals surface area contributed by atoms with Crippen molar-refractivity contribution in [2.24, 2.45) is 0 Å². The minimum absolute atomic E-state index is 0.161. The molecule has 1 fully saturated rings. The molecule has 0 aromatic heterocycles. The molecular weight excluding hydrogens is 504 g/mol. The van der Waals surface area contributed by atoms with Gasteiger partial charge < -0.3 is 14.8 Å². The van der Waals surface area contributed by atoms with Crippen molar-refractivity contribution in [3.63, 3.8) is 0 Å². The van der Waals surface area contributed by atoms with Gasteiger partial charge >= 0.3 is 0 Å². The molecule has 2 amide bonds. The quantitative estimate of drug-likeness (QED) is 0.281. The summed E-state index contributed by atoms with van der Waals surface area (Å²) in [5, 5.41) is 3.33. The second-order valence-electron chi connectivity index (χ2n) is 7.36. The lowest BCUT2D eigenvalue weighted by Gasteiger charge is -2.15. The number of rotatable bonds is 8. The largest absolute Gasteiger partial charge is 0.494 e. The fourth-order valence-corrected chi connectivity index (χ4v) is 4.70. The number of hydrogen-bond donors (Lipinski definition) is 1. The highest BCUT2D eigenvalue weighted by atomic mass is 35.5. The number of thioether (sulfide) groups is 1. The van der Waals surface area contributed by atoms with Gasteiger partial charge in [-0.2, -0.15) is 0 Å². The number of carbonyl (C=O) groups excluding carboxylic acids is 2. The number of thiocarbonyl (C=S) groups is 1. The van der Waals surface area contributed by atoms with E-state index in [1.165, 1.54) is 16.7 Å². The van der Waals surface area contributed by atoms with Crippen molar-refractivity contribution in [3.8, 4) is 11.5 Å². The molecule has 0 spiro atoms. The number of halogens is 1. The standard InChI is InChI=1S/C26H21ClN2O4S2/c1-2-32-21-12-10-20(11-13-21)29-25(31)23(35-26(29)34)15-17-4-3-5-22(14-17)33-16-24(30)28-19-8-6-18(27)7-9-19/h3-15H,2,16H2,1H3,(H,28,30)/b23-15-. The van der Waals surface area contributed by atoms with Crippen molar-refractivity contribution in [1.82, 2.24) is 0 Å². The lowest BCUT2D eigenvalue weighted by molar-refractivity contribution is -0.118. The van der Waals surface area contributed by atoms with Gasteiger partial charge in [0.2, 0.25) is 0 Å². The molecule has 0 saturated carbocycles. The van der Waals surface area contributed by atoms with E-state index in [9.17, 15) is 9.59 Å². The van der Waals surface area contributed by atoms with Crippen LogP contribution in [0.25, 0.3) is 6.08 Å². The van der Waals surface area contributed by atoms with Gasteiger partial charge in [0.25, 0.3) is 11.8 Å². The molecule has 35 heavy (non-hydrogen) atoms. The first kappa shape index (κ1) is 24.8. The van der Waals surface area contributed by atoms with E-state index >= 15 is 0 Å². The Bertz CT molecular complexity index is 1280.